The molecule has 3 heterocycles. The maximum absolute atomic E-state index is 11.7. The topological polar surface area (TPSA) is 71.3 Å². The molecule has 1 aromatic carbocycles. The maximum Gasteiger partial charge on any atom is 0.251 e. The van der Waals surface area contributed by atoms with E-state index < -0.39 is 0 Å². The maximum atomic E-state index is 11.7. The van der Waals surface area contributed by atoms with Gasteiger partial charge < -0.3 is 10.6 Å². The molecule has 0 spiro atoms. The number of anilines is 1. The quantitative estimate of drug-likeness (QED) is 0.775. The Hall–Kier alpha value is -2.89. The molecule has 1 aliphatic rings. The van der Waals surface area contributed by atoms with Crippen LogP contribution >= 0.6 is 0 Å². The second-order valence-electron chi connectivity index (χ2n) is 5.20. The number of aromatic nitrogens is 3. The molecular weight excluding hydrogens is 278 g/mol. The summed E-state index contributed by atoms with van der Waals surface area (Å²) >= 11 is 0. The van der Waals surface area contributed by atoms with Gasteiger partial charge in [-0.25, -0.2) is 9.97 Å². The van der Waals surface area contributed by atoms with Crippen LogP contribution in [0.25, 0.3) is 16.9 Å². The molecule has 0 aliphatic carbocycles. The van der Waals surface area contributed by atoms with Crippen molar-refractivity contribution in [3.8, 4) is 11.3 Å². The predicted octanol–water partition coefficient (Wildman–Crippen LogP) is 2.07. The van der Waals surface area contributed by atoms with Crippen molar-refractivity contribution < 1.29 is 4.79 Å². The molecule has 0 radical (unpaired) electrons. The summed E-state index contributed by atoms with van der Waals surface area (Å²) in [6, 6.07) is 5.86. The van der Waals surface area contributed by atoms with Crippen molar-refractivity contribution in [2.45, 2.75) is 13.5 Å². The lowest BCUT2D eigenvalue weighted by Crippen LogP contribution is -2.12. The smallest absolute Gasteiger partial charge is 0.251 e. The lowest BCUT2D eigenvalue weighted by molar-refractivity contribution is 0.0966. The monoisotopic (exact) mass is 293 g/mol. The number of benzene rings is 1. The standard InChI is InChI=1S/C16H15N5O/c1-2-17-14-15-18-5-6-21(15)13(9-19-14)10-3-4-12-11(7-10)8-20-16(12)22/h3-7,9H,2,8H2,1H3,(H,17,19)(H,20,22). The van der Waals surface area contributed by atoms with Gasteiger partial charge in [0.2, 0.25) is 0 Å². The summed E-state index contributed by atoms with van der Waals surface area (Å²) in [7, 11) is 0. The van der Waals surface area contributed by atoms with Crippen molar-refractivity contribution in [1.29, 1.82) is 0 Å². The van der Waals surface area contributed by atoms with Gasteiger partial charge in [-0.3, -0.25) is 9.20 Å². The molecule has 0 atom stereocenters. The third kappa shape index (κ3) is 1.84. The highest BCUT2D eigenvalue weighted by Crippen LogP contribution is 2.26. The zero-order chi connectivity index (χ0) is 15.1. The van der Waals surface area contributed by atoms with Gasteiger partial charge >= 0.3 is 0 Å². The highest BCUT2D eigenvalue weighted by molar-refractivity contribution is 5.98. The van der Waals surface area contributed by atoms with Crippen LogP contribution in [0.2, 0.25) is 0 Å². The zero-order valence-corrected chi connectivity index (χ0v) is 12.1. The average Bonchev–Trinajstić information content (AvgIpc) is 3.15. The van der Waals surface area contributed by atoms with E-state index in [-0.39, 0.29) is 5.91 Å². The molecule has 110 valence electrons. The Balaban J connectivity index is 1.87. The van der Waals surface area contributed by atoms with Crippen molar-refractivity contribution in [3.05, 3.63) is 47.9 Å². The van der Waals surface area contributed by atoms with Gasteiger partial charge in [0.05, 0.1) is 11.9 Å². The molecule has 1 amide bonds. The molecule has 3 aromatic rings. The van der Waals surface area contributed by atoms with Gasteiger partial charge in [-0.1, -0.05) is 6.07 Å². The Morgan fingerprint density at radius 1 is 1.36 bits per heavy atom. The van der Waals surface area contributed by atoms with E-state index in [1.54, 1.807) is 6.20 Å². The van der Waals surface area contributed by atoms with E-state index in [0.717, 1.165) is 40.4 Å². The van der Waals surface area contributed by atoms with Crippen LogP contribution in [0.15, 0.2) is 36.8 Å². The number of carbonyl (C=O) groups is 1. The van der Waals surface area contributed by atoms with Gasteiger partial charge in [0.15, 0.2) is 11.5 Å². The van der Waals surface area contributed by atoms with Crippen LogP contribution in [0.3, 0.4) is 0 Å². The molecule has 0 fully saturated rings. The van der Waals surface area contributed by atoms with Crippen molar-refractivity contribution >= 4 is 17.4 Å². The number of hydrogen-bond acceptors (Lipinski definition) is 4. The second kappa shape index (κ2) is 4.84. The fourth-order valence-electron chi connectivity index (χ4n) is 2.82. The number of hydrogen-bond donors (Lipinski definition) is 2. The van der Waals surface area contributed by atoms with E-state index >= 15 is 0 Å². The van der Waals surface area contributed by atoms with Gasteiger partial charge in [0.1, 0.15) is 0 Å². The summed E-state index contributed by atoms with van der Waals surface area (Å²) in [5.41, 5.74) is 4.55. The second-order valence-corrected chi connectivity index (χ2v) is 5.20. The molecule has 6 nitrogen and oxygen atoms in total. The first kappa shape index (κ1) is 12.8. The molecule has 6 heteroatoms. The number of amides is 1. The normalized spacial score (nSPS) is 13.2. The first-order valence-corrected chi connectivity index (χ1v) is 7.25. The molecule has 2 aromatic heterocycles. The third-order valence-corrected chi connectivity index (χ3v) is 3.86. The van der Waals surface area contributed by atoms with Crippen molar-refractivity contribution in [2.24, 2.45) is 0 Å². The van der Waals surface area contributed by atoms with E-state index in [1.807, 2.05) is 41.9 Å². The van der Waals surface area contributed by atoms with Gasteiger partial charge in [0.25, 0.3) is 5.91 Å². The van der Waals surface area contributed by atoms with Crippen LogP contribution < -0.4 is 10.6 Å². The van der Waals surface area contributed by atoms with Crippen LogP contribution in [0.5, 0.6) is 0 Å². The molecule has 0 saturated carbocycles. The first-order valence-electron chi connectivity index (χ1n) is 7.25. The number of fused-ring (bicyclic) bond motifs is 2. The molecule has 0 saturated heterocycles. The Bertz CT molecular complexity index is 883. The fourth-order valence-corrected chi connectivity index (χ4v) is 2.82. The van der Waals surface area contributed by atoms with Crippen LogP contribution in [0.1, 0.15) is 22.8 Å². The average molecular weight is 293 g/mol. The van der Waals surface area contributed by atoms with Crippen LogP contribution in [-0.2, 0) is 6.54 Å². The molecule has 0 bridgehead atoms. The third-order valence-electron chi connectivity index (χ3n) is 3.86. The molecule has 22 heavy (non-hydrogen) atoms. The lowest BCUT2D eigenvalue weighted by Gasteiger charge is -2.10. The highest BCUT2D eigenvalue weighted by Gasteiger charge is 2.19. The lowest BCUT2D eigenvalue weighted by atomic mass is 10.0. The number of carbonyl (C=O) groups excluding carboxylic acids is 1. The van der Waals surface area contributed by atoms with Crippen LogP contribution in [-0.4, -0.2) is 26.8 Å². The molecular formula is C16H15N5O. The Labute approximate surface area is 127 Å². The number of rotatable bonds is 3. The zero-order valence-electron chi connectivity index (χ0n) is 12.1. The number of nitrogens with one attached hydrogen (secondary N) is 2. The van der Waals surface area contributed by atoms with Crippen LogP contribution in [0, 0.1) is 0 Å². The SMILES string of the molecule is CCNc1ncc(-c2ccc3c(c2)CNC3=O)n2ccnc12. The molecule has 0 unspecified atom stereocenters. The van der Waals surface area contributed by atoms with Crippen molar-refractivity contribution in [2.75, 3.05) is 11.9 Å². The summed E-state index contributed by atoms with van der Waals surface area (Å²) in [6.45, 7) is 3.40. The summed E-state index contributed by atoms with van der Waals surface area (Å²) in [5, 5.41) is 6.05. The van der Waals surface area contributed by atoms with Crippen LogP contribution in [0.4, 0.5) is 5.82 Å². The van der Waals surface area contributed by atoms with Gasteiger partial charge in [-0.2, -0.15) is 0 Å². The fraction of sp³-hybridized carbons (Fsp3) is 0.188. The van der Waals surface area contributed by atoms with Gasteiger partial charge in [0, 0.05) is 36.6 Å². The predicted molar refractivity (Wildman–Crippen MR) is 83.8 cm³/mol. The number of nitrogens with zero attached hydrogens (tertiary/aromatic N) is 3. The van der Waals surface area contributed by atoms with Crippen molar-refractivity contribution in [3.63, 3.8) is 0 Å². The largest absolute Gasteiger partial charge is 0.367 e. The molecule has 4 rings (SSSR count). The van der Waals surface area contributed by atoms with E-state index in [1.165, 1.54) is 0 Å². The minimum absolute atomic E-state index is 0.00468. The number of imidazole rings is 1. The van der Waals surface area contributed by atoms with E-state index in [4.69, 9.17) is 0 Å². The molecule has 1 aliphatic heterocycles. The minimum atomic E-state index is -0.00468. The summed E-state index contributed by atoms with van der Waals surface area (Å²) < 4.78 is 2.01. The minimum Gasteiger partial charge on any atom is -0.367 e. The van der Waals surface area contributed by atoms with Gasteiger partial charge in [-0.05, 0) is 24.6 Å². The summed E-state index contributed by atoms with van der Waals surface area (Å²) in [5.74, 6) is 0.768. The Morgan fingerprint density at radius 3 is 3.14 bits per heavy atom. The Kier molecular flexibility index (Phi) is 2.82. The summed E-state index contributed by atoms with van der Waals surface area (Å²) in [4.78, 5) is 20.5. The Morgan fingerprint density at radius 2 is 2.27 bits per heavy atom. The summed E-state index contributed by atoms with van der Waals surface area (Å²) in [6.07, 6.45) is 5.52. The van der Waals surface area contributed by atoms with E-state index in [9.17, 15) is 4.79 Å². The molecule has 2 N–H and O–H groups in total. The first-order chi connectivity index (χ1) is 10.8. The van der Waals surface area contributed by atoms with Gasteiger partial charge in [-0.15, -0.1) is 0 Å². The van der Waals surface area contributed by atoms with E-state index in [0.29, 0.717) is 6.54 Å². The van der Waals surface area contributed by atoms with E-state index in [2.05, 4.69) is 20.6 Å². The van der Waals surface area contributed by atoms with Crippen molar-refractivity contribution in [1.82, 2.24) is 19.7 Å². The highest BCUT2D eigenvalue weighted by atomic mass is 16.1.